The van der Waals surface area contributed by atoms with Gasteiger partial charge in [0.25, 0.3) is 0 Å². The predicted molar refractivity (Wildman–Crippen MR) is 99.7 cm³/mol. The lowest BCUT2D eigenvalue weighted by atomic mass is 10.1. The second-order valence-electron chi connectivity index (χ2n) is 5.57. The van der Waals surface area contributed by atoms with Crippen molar-refractivity contribution in [2.24, 2.45) is 0 Å². The summed E-state index contributed by atoms with van der Waals surface area (Å²) in [5, 5.41) is 0.403. The van der Waals surface area contributed by atoms with Crippen LogP contribution in [0.15, 0.2) is 66.7 Å². The average molecular weight is 371 g/mol. The predicted octanol–water partition coefficient (Wildman–Crippen LogP) is 5.42. The number of carbonyl (C=O) groups excluding carboxylic acids is 1. The maximum atomic E-state index is 13.7. The molecule has 0 saturated heterocycles. The number of halogens is 2. The zero-order valence-electron chi connectivity index (χ0n) is 14.0. The first-order valence-electron chi connectivity index (χ1n) is 7.93. The van der Waals surface area contributed by atoms with Crippen LogP contribution in [0, 0.1) is 5.82 Å². The van der Waals surface area contributed by atoms with E-state index in [2.05, 4.69) is 0 Å². The fourth-order valence-corrected chi connectivity index (χ4v) is 2.73. The molecule has 3 aromatic carbocycles. The molecule has 0 fully saturated rings. The lowest BCUT2D eigenvalue weighted by molar-refractivity contribution is 0.0921. The molecule has 5 heteroatoms. The molecule has 26 heavy (non-hydrogen) atoms. The summed E-state index contributed by atoms with van der Waals surface area (Å²) in [4.78, 5) is 12.2. The highest BCUT2D eigenvalue weighted by Gasteiger charge is 2.12. The summed E-state index contributed by atoms with van der Waals surface area (Å²) in [6.45, 7) is -0.240. The molecule has 0 N–H and O–H groups in total. The molecule has 0 atom stereocenters. The Bertz CT molecular complexity index is 926. The van der Waals surface area contributed by atoms with Gasteiger partial charge in [-0.05, 0) is 41.5 Å². The van der Waals surface area contributed by atoms with Crippen LogP contribution >= 0.6 is 11.6 Å². The average Bonchev–Trinajstić information content (AvgIpc) is 2.67. The molecular formula is C21H16ClFO3. The third kappa shape index (κ3) is 4.03. The minimum absolute atomic E-state index is 0.0852. The number of rotatable bonds is 6. The van der Waals surface area contributed by atoms with Crippen molar-refractivity contribution in [1.29, 1.82) is 0 Å². The van der Waals surface area contributed by atoms with Gasteiger partial charge in [0.2, 0.25) is 0 Å². The monoisotopic (exact) mass is 370 g/mol. The summed E-state index contributed by atoms with van der Waals surface area (Å²) >= 11 is 6.26. The first-order valence-corrected chi connectivity index (χ1v) is 8.31. The third-order valence-electron chi connectivity index (χ3n) is 3.87. The second kappa shape index (κ2) is 8.02. The van der Waals surface area contributed by atoms with Crippen LogP contribution in [-0.4, -0.2) is 19.5 Å². The topological polar surface area (TPSA) is 35.5 Å². The molecule has 0 aliphatic carbocycles. The third-order valence-corrected chi connectivity index (χ3v) is 4.17. The Balaban J connectivity index is 1.69. The second-order valence-corrected chi connectivity index (χ2v) is 5.98. The number of methoxy groups -OCH3 is 1. The van der Waals surface area contributed by atoms with E-state index in [0.29, 0.717) is 10.8 Å². The van der Waals surface area contributed by atoms with Gasteiger partial charge in [0.1, 0.15) is 5.75 Å². The van der Waals surface area contributed by atoms with E-state index in [1.54, 1.807) is 12.1 Å². The molecule has 3 rings (SSSR count). The van der Waals surface area contributed by atoms with Crippen LogP contribution in [0.4, 0.5) is 4.39 Å². The largest absolute Gasteiger partial charge is 0.494 e. The Labute approximate surface area is 155 Å². The molecule has 0 heterocycles. The van der Waals surface area contributed by atoms with Gasteiger partial charge < -0.3 is 9.47 Å². The highest BCUT2D eigenvalue weighted by atomic mass is 35.5. The fraction of sp³-hybridized carbons (Fsp3) is 0.0952. The van der Waals surface area contributed by atoms with Crippen LogP contribution in [0.1, 0.15) is 10.4 Å². The van der Waals surface area contributed by atoms with Crippen LogP contribution in [0.5, 0.6) is 11.5 Å². The maximum Gasteiger partial charge on any atom is 0.200 e. The first-order chi connectivity index (χ1) is 12.6. The van der Waals surface area contributed by atoms with Crippen molar-refractivity contribution in [3.8, 4) is 22.6 Å². The van der Waals surface area contributed by atoms with Crippen molar-refractivity contribution >= 4 is 17.4 Å². The number of Topliss-reactive ketones (excluding diaryl/α,β-unsaturated/α-hetero) is 1. The van der Waals surface area contributed by atoms with Gasteiger partial charge in [-0.2, -0.15) is 0 Å². The van der Waals surface area contributed by atoms with Crippen LogP contribution in [0.25, 0.3) is 11.1 Å². The maximum absolute atomic E-state index is 13.7. The van der Waals surface area contributed by atoms with Gasteiger partial charge in [-0.15, -0.1) is 0 Å². The summed E-state index contributed by atoms with van der Waals surface area (Å²) in [5.74, 6) is -0.464. The van der Waals surface area contributed by atoms with Crippen molar-refractivity contribution in [3.05, 3.63) is 83.1 Å². The van der Waals surface area contributed by atoms with E-state index in [-0.39, 0.29) is 23.7 Å². The van der Waals surface area contributed by atoms with Gasteiger partial charge in [-0.3, -0.25) is 4.79 Å². The minimum atomic E-state index is -0.594. The zero-order valence-corrected chi connectivity index (χ0v) is 14.8. The van der Waals surface area contributed by atoms with E-state index in [9.17, 15) is 9.18 Å². The van der Waals surface area contributed by atoms with Crippen molar-refractivity contribution in [2.45, 2.75) is 0 Å². The van der Waals surface area contributed by atoms with Crippen LogP contribution in [0.2, 0.25) is 5.02 Å². The zero-order chi connectivity index (χ0) is 18.5. The first kappa shape index (κ1) is 18.0. The fourth-order valence-electron chi connectivity index (χ4n) is 2.49. The Morgan fingerprint density at radius 1 is 0.962 bits per heavy atom. The van der Waals surface area contributed by atoms with Crippen molar-refractivity contribution in [3.63, 3.8) is 0 Å². The minimum Gasteiger partial charge on any atom is -0.494 e. The van der Waals surface area contributed by atoms with Crippen molar-refractivity contribution in [2.75, 3.05) is 13.7 Å². The summed E-state index contributed by atoms with van der Waals surface area (Å²) in [6, 6.07) is 19.2. The molecule has 3 nitrogen and oxygen atoms in total. The van der Waals surface area contributed by atoms with Gasteiger partial charge in [-0.25, -0.2) is 4.39 Å². The summed E-state index contributed by atoms with van der Waals surface area (Å²) < 4.78 is 24.0. The van der Waals surface area contributed by atoms with E-state index in [1.165, 1.54) is 19.2 Å². The molecule has 0 radical (unpaired) electrons. The van der Waals surface area contributed by atoms with E-state index >= 15 is 0 Å². The SMILES string of the molecule is COc1ccc(C(=O)COc2ccc(-c3ccccc3)cc2Cl)cc1F. The lowest BCUT2D eigenvalue weighted by Crippen LogP contribution is -2.12. The van der Waals surface area contributed by atoms with Gasteiger partial charge in [-0.1, -0.05) is 48.0 Å². The Morgan fingerprint density at radius 2 is 1.69 bits per heavy atom. The molecule has 132 valence electrons. The number of carbonyl (C=O) groups is 1. The van der Waals surface area contributed by atoms with E-state index in [0.717, 1.165) is 17.2 Å². The number of benzene rings is 3. The summed E-state index contributed by atoms with van der Waals surface area (Å²) in [5.41, 5.74) is 2.19. The molecule has 0 unspecified atom stereocenters. The van der Waals surface area contributed by atoms with Gasteiger partial charge >= 0.3 is 0 Å². The van der Waals surface area contributed by atoms with E-state index in [4.69, 9.17) is 21.1 Å². The lowest BCUT2D eigenvalue weighted by Gasteiger charge is -2.10. The molecular weight excluding hydrogens is 355 g/mol. The molecule has 0 saturated carbocycles. The molecule has 0 bridgehead atoms. The van der Waals surface area contributed by atoms with Crippen molar-refractivity contribution < 1.29 is 18.7 Å². The van der Waals surface area contributed by atoms with Crippen LogP contribution < -0.4 is 9.47 Å². The standard InChI is InChI=1S/C21H16ClFO3/c1-25-21-10-8-16(12-18(21)23)19(24)13-26-20-9-7-15(11-17(20)22)14-5-3-2-4-6-14/h2-12H,13H2,1H3. The number of ketones is 1. The van der Waals surface area contributed by atoms with Crippen LogP contribution in [-0.2, 0) is 0 Å². The van der Waals surface area contributed by atoms with Crippen LogP contribution in [0.3, 0.4) is 0 Å². The quantitative estimate of drug-likeness (QED) is 0.544. The van der Waals surface area contributed by atoms with Gasteiger partial charge in [0.15, 0.2) is 24.0 Å². The normalized spacial score (nSPS) is 10.4. The molecule has 0 aliphatic heterocycles. The summed E-state index contributed by atoms with van der Waals surface area (Å²) in [6.07, 6.45) is 0. The Morgan fingerprint density at radius 3 is 2.35 bits per heavy atom. The number of hydrogen-bond donors (Lipinski definition) is 0. The van der Waals surface area contributed by atoms with Gasteiger partial charge in [0.05, 0.1) is 12.1 Å². The Hall–Kier alpha value is -2.85. The molecule has 0 amide bonds. The van der Waals surface area contributed by atoms with E-state index < -0.39 is 5.82 Å². The molecule has 0 aliphatic rings. The summed E-state index contributed by atoms with van der Waals surface area (Å²) in [7, 11) is 1.37. The van der Waals surface area contributed by atoms with E-state index in [1.807, 2.05) is 36.4 Å². The number of ether oxygens (including phenoxy) is 2. The Kier molecular flexibility index (Phi) is 5.54. The smallest absolute Gasteiger partial charge is 0.200 e. The number of hydrogen-bond acceptors (Lipinski definition) is 3. The highest BCUT2D eigenvalue weighted by molar-refractivity contribution is 6.32. The highest BCUT2D eigenvalue weighted by Crippen LogP contribution is 2.30. The van der Waals surface area contributed by atoms with Crippen molar-refractivity contribution in [1.82, 2.24) is 0 Å². The molecule has 0 spiro atoms. The molecule has 0 aromatic heterocycles. The van der Waals surface area contributed by atoms with Gasteiger partial charge in [0, 0.05) is 5.56 Å². The molecule has 3 aromatic rings.